The van der Waals surface area contributed by atoms with Crippen molar-refractivity contribution in [2.24, 2.45) is 0 Å². The van der Waals surface area contributed by atoms with Crippen molar-refractivity contribution < 1.29 is 17.9 Å². The largest absolute Gasteiger partial charge is 0.446 e. The van der Waals surface area contributed by atoms with Crippen molar-refractivity contribution in [3.8, 4) is 0 Å². The molecule has 0 N–H and O–H groups in total. The van der Waals surface area contributed by atoms with Gasteiger partial charge in [0.05, 0.1) is 5.75 Å². The molecule has 0 amide bonds. The van der Waals surface area contributed by atoms with E-state index < -0.39 is 21.2 Å². The Morgan fingerprint density at radius 2 is 2.25 bits per heavy atom. The molecule has 70 valence electrons. The van der Waals surface area contributed by atoms with Crippen molar-refractivity contribution in [2.45, 2.75) is 31.6 Å². The van der Waals surface area contributed by atoms with Crippen LogP contribution < -0.4 is 0 Å². The highest BCUT2D eigenvalue weighted by Gasteiger charge is 2.33. The van der Waals surface area contributed by atoms with Gasteiger partial charge in [-0.3, -0.25) is 4.79 Å². The first-order chi connectivity index (χ1) is 5.56. The minimum Gasteiger partial charge on any atom is -0.446 e. The summed E-state index contributed by atoms with van der Waals surface area (Å²) in [6, 6.07) is 0. The predicted octanol–water partition coefficient (Wildman–Crippen LogP) is 0.474. The zero-order chi connectivity index (χ0) is 9.19. The van der Waals surface area contributed by atoms with E-state index in [4.69, 9.17) is 4.74 Å². The third-order valence-corrected chi connectivity index (χ3v) is 3.81. The average Bonchev–Trinajstić information content (AvgIpc) is 2.31. The van der Waals surface area contributed by atoms with Gasteiger partial charge in [-0.15, -0.1) is 0 Å². The second-order valence-corrected chi connectivity index (χ2v) is 5.04. The summed E-state index contributed by atoms with van der Waals surface area (Å²) >= 11 is 0. The molecular formula is C7H12O4S. The SMILES string of the molecule is CCC(=O)OC1CCCS1(=O)=O. The molecule has 1 unspecified atom stereocenters. The van der Waals surface area contributed by atoms with Crippen molar-refractivity contribution >= 4 is 15.8 Å². The van der Waals surface area contributed by atoms with Crippen LogP contribution in [0.2, 0.25) is 0 Å². The zero-order valence-corrected chi connectivity index (χ0v) is 7.76. The summed E-state index contributed by atoms with van der Waals surface area (Å²) in [5.74, 6) is -0.292. The van der Waals surface area contributed by atoms with Crippen molar-refractivity contribution in [3.63, 3.8) is 0 Å². The van der Waals surface area contributed by atoms with Gasteiger partial charge in [-0.25, -0.2) is 8.42 Å². The molecule has 0 aliphatic carbocycles. The lowest BCUT2D eigenvalue weighted by Crippen LogP contribution is -2.22. The first-order valence-corrected chi connectivity index (χ1v) is 5.69. The first-order valence-electron chi connectivity index (χ1n) is 3.97. The smallest absolute Gasteiger partial charge is 0.306 e. The Morgan fingerprint density at radius 3 is 2.67 bits per heavy atom. The van der Waals surface area contributed by atoms with Crippen LogP contribution in [0.15, 0.2) is 0 Å². The number of ether oxygens (including phenoxy) is 1. The Bertz CT molecular complexity index is 267. The van der Waals surface area contributed by atoms with E-state index in [1.165, 1.54) is 0 Å². The third kappa shape index (κ3) is 1.97. The Labute approximate surface area is 71.8 Å². The second-order valence-electron chi connectivity index (χ2n) is 2.78. The fourth-order valence-corrected chi connectivity index (χ4v) is 2.74. The van der Waals surface area contributed by atoms with Gasteiger partial charge in [0.1, 0.15) is 0 Å². The molecule has 1 atom stereocenters. The molecule has 12 heavy (non-hydrogen) atoms. The first kappa shape index (κ1) is 9.51. The van der Waals surface area contributed by atoms with Crippen molar-refractivity contribution in [3.05, 3.63) is 0 Å². The zero-order valence-electron chi connectivity index (χ0n) is 6.95. The van der Waals surface area contributed by atoms with Gasteiger partial charge in [0.15, 0.2) is 9.84 Å². The maximum atomic E-state index is 11.1. The predicted molar refractivity (Wildman–Crippen MR) is 43.2 cm³/mol. The topological polar surface area (TPSA) is 60.4 Å². The molecule has 5 heteroatoms. The van der Waals surface area contributed by atoms with Gasteiger partial charge in [0.25, 0.3) is 0 Å². The van der Waals surface area contributed by atoms with Gasteiger partial charge >= 0.3 is 5.97 Å². The van der Waals surface area contributed by atoms with Crippen LogP contribution in [0.1, 0.15) is 26.2 Å². The summed E-state index contributed by atoms with van der Waals surface area (Å²) in [7, 11) is -3.14. The van der Waals surface area contributed by atoms with Crippen LogP contribution in [0, 0.1) is 0 Å². The maximum absolute atomic E-state index is 11.1. The van der Waals surface area contributed by atoms with Crippen LogP contribution in [0.25, 0.3) is 0 Å². The van der Waals surface area contributed by atoms with Crippen molar-refractivity contribution in [1.82, 2.24) is 0 Å². The summed E-state index contributed by atoms with van der Waals surface area (Å²) in [5, 5.41) is 0. The summed E-state index contributed by atoms with van der Waals surface area (Å²) < 4.78 is 27.0. The number of rotatable bonds is 2. The fraction of sp³-hybridized carbons (Fsp3) is 0.857. The minimum atomic E-state index is -3.14. The number of carbonyl (C=O) groups is 1. The number of hydrogen-bond donors (Lipinski definition) is 0. The van der Waals surface area contributed by atoms with Crippen LogP contribution in [0.5, 0.6) is 0 Å². The monoisotopic (exact) mass is 192 g/mol. The molecule has 1 rings (SSSR count). The lowest BCUT2D eigenvalue weighted by atomic mass is 10.4. The van der Waals surface area contributed by atoms with Gasteiger partial charge in [-0.05, 0) is 12.8 Å². The molecule has 0 aromatic carbocycles. The summed E-state index contributed by atoms with van der Waals surface area (Å²) in [4.78, 5) is 10.8. The molecule has 0 aromatic heterocycles. The standard InChI is InChI=1S/C7H12O4S/c1-2-6(8)11-7-4-3-5-12(7,9)10/h7H,2-5H2,1H3. The Balaban J connectivity index is 2.59. The molecule has 1 heterocycles. The van der Waals surface area contributed by atoms with E-state index in [1.54, 1.807) is 6.92 Å². The number of sulfone groups is 1. The highest BCUT2D eigenvalue weighted by molar-refractivity contribution is 7.92. The fourth-order valence-electron chi connectivity index (χ4n) is 1.12. The lowest BCUT2D eigenvalue weighted by Gasteiger charge is -2.09. The molecule has 1 fully saturated rings. The molecule has 0 radical (unpaired) electrons. The van der Waals surface area contributed by atoms with E-state index in [1.807, 2.05) is 0 Å². The van der Waals surface area contributed by atoms with E-state index >= 15 is 0 Å². The van der Waals surface area contributed by atoms with Crippen LogP contribution in [0.4, 0.5) is 0 Å². The molecule has 1 aliphatic heterocycles. The summed E-state index contributed by atoms with van der Waals surface area (Å²) in [6.45, 7) is 1.64. The Kier molecular flexibility index (Phi) is 2.72. The van der Waals surface area contributed by atoms with E-state index in [2.05, 4.69) is 0 Å². The van der Waals surface area contributed by atoms with Crippen LogP contribution in [-0.2, 0) is 19.4 Å². The molecule has 0 saturated carbocycles. The van der Waals surface area contributed by atoms with Gasteiger partial charge in [0.2, 0.25) is 5.44 Å². The van der Waals surface area contributed by atoms with Crippen molar-refractivity contribution in [1.29, 1.82) is 0 Å². The second kappa shape index (κ2) is 3.43. The molecule has 0 aromatic rings. The maximum Gasteiger partial charge on any atom is 0.306 e. The molecular weight excluding hydrogens is 180 g/mol. The summed E-state index contributed by atoms with van der Waals surface area (Å²) in [5.41, 5.74) is -0.870. The van der Waals surface area contributed by atoms with Crippen LogP contribution >= 0.6 is 0 Å². The summed E-state index contributed by atoms with van der Waals surface area (Å²) in [6.07, 6.45) is 1.28. The molecule has 1 aliphatic rings. The molecule has 1 saturated heterocycles. The van der Waals surface area contributed by atoms with E-state index in [0.29, 0.717) is 12.8 Å². The third-order valence-electron chi connectivity index (χ3n) is 1.82. The number of carbonyl (C=O) groups excluding carboxylic acids is 1. The average molecular weight is 192 g/mol. The Hall–Kier alpha value is -0.580. The number of hydrogen-bond acceptors (Lipinski definition) is 4. The highest BCUT2D eigenvalue weighted by Crippen LogP contribution is 2.21. The quantitative estimate of drug-likeness (QED) is 0.597. The van der Waals surface area contributed by atoms with E-state index in [0.717, 1.165) is 0 Å². The van der Waals surface area contributed by atoms with Gasteiger partial charge in [0, 0.05) is 6.42 Å². The molecule has 0 spiro atoms. The van der Waals surface area contributed by atoms with Crippen LogP contribution in [-0.4, -0.2) is 25.6 Å². The van der Waals surface area contributed by atoms with Crippen LogP contribution in [0.3, 0.4) is 0 Å². The van der Waals surface area contributed by atoms with Crippen molar-refractivity contribution in [2.75, 3.05) is 5.75 Å². The Morgan fingerprint density at radius 1 is 1.58 bits per heavy atom. The van der Waals surface area contributed by atoms with Gasteiger partial charge in [-0.2, -0.15) is 0 Å². The number of esters is 1. The normalized spacial score (nSPS) is 26.9. The molecule has 0 bridgehead atoms. The van der Waals surface area contributed by atoms with Gasteiger partial charge < -0.3 is 4.74 Å². The van der Waals surface area contributed by atoms with E-state index in [9.17, 15) is 13.2 Å². The lowest BCUT2D eigenvalue weighted by molar-refractivity contribution is -0.145. The minimum absolute atomic E-state index is 0.147. The highest BCUT2D eigenvalue weighted by atomic mass is 32.2. The molecule has 4 nitrogen and oxygen atoms in total. The van der Waals surface area contributed by atoms with Gasteiger partial charge in [-0.1, -0.05) is 6.92 Å². The van der Waals surface area contributed by atoms with E-state index in [-0.39, 0.29) is 12.2 Å².